The van der Waals surface area contributed by atoms with Gasteiger partial charge in [0.25, 0.3) is 5.91 Å². The maximum absolute atomic E-state index is 14.0. The van der Waals surface area contributed by atoms with Crippen LogP contribution in [0.2, 0.25) is 0 Å². The molecule has 1 unspecified atom stereocenters. The van der Waals surface area contributed by atoms with Crippen molar-refractivity contribution in [3.63, 3.8) is 0 Å². The predicted molar refractivity (Wildman–Crippen MR) is 180 cm³/mol. The van der Waals surface area contributed by atoms with E-state index in [0.29, 0.717) is 55.3 Å². The summed E-state index contributed by atoms with van der Waals surface area (Å²) in [6, 6.07) is 5.47. The first-order chi connectivity index (χ1) is 21.4. The van der Waals surface area contributed by atoms with Crippen molar-refractivity contribution in [1.29, 1.82) is 5.41 Å². The van der Waals surface area contributed by atoms with Gasteiger partial charge in [-0.3, -0.25) is 15.0 Å². The van der Waals surface area contributed by atoms with Crippen molar-refractivity contribution >= 4 is 46.2 Å². The number of carboxylic acid groups (broad SMARTS) is 1. The zero-order valence-corrected chi connectivity index (χ0v) is 29.2. The number of benzene rings is 1. The van der Waals surface area contributed by atoms with E-state index in [0.717, 1.165) is 29.8 Å². The van der Waals surface area contributed by atoms with Crippen molar-refractivity contribution in [2.24, 2.45) is 0 Å². The molecule has 2 aliphatic rings. The predicted octanol–water partition coefficient (Wildman–Crippen LogP) is 4.60. The summed E-state index contributed by atoms with van der Waals surface area (Å²) in [7, 11) is 1.51. The fourth-order valence-electron chi connectivity index (χ4n) is 5.55. The van der Waals surface area contributed by atoms with Crippen molar-refractivity contribution in [3.05, 3.63) is 46.3 Å². The summed E-state index contributed by atoms with van der Waals surface area (Å²) in [5, 5.41) is 20.5. The Labute approximate surface area is 281 Å². The molecule has 2 aromatic rings. The number of pyridine rings is 1. The third-order valence-corrected chi connectivity index (χ3v) is 7.92. The maximum atomic E-state index is 14.0. The molecule has 3 N–H and O–H groups in total. The summed E-state index contributed by atoms with van der Waals surface area (Å²) >= 11 is 0. The molecular weight excluding hydrogens is 658 g/mol. The highest BCUT2D eigenvalue weighted by Gasteiger charge is 2.34. The van der Waals surface area contributed by atoms with Gasteiger partial charge in [0.05, 0.1) is 31.5 Å². The molecule has 0 saturated carbocycles. The summed E-state index contributed by atoms with van der Waals surface area (Å²) in [6.45, 7) is 12.0. The summed E-state index contributed by atoms with van der Waals surface area (Å²) in [5.74, 6) is -0.463. The fraction of sp³-hybridized carbons (Fsp3) is 0.545. The van der Waals surface area contributed by atoms with Gasteiger partial charge in [0.1, 0.15) is 23.9 Å². The number of nitrogens with one attached hydrogen (secondary N) is 2. The normalized spacial score (nSPS) is 15.8. The van der Waals surface area contributed by atoms with Gasteiger partial charge < -0.3 is 34.4 Å². The van der Waals surface area contributed by atoms with E-state index >= 15 is 0 Å². The molecule has 4 rings (SSSR count). The molecule has 1 aromatic carbocycles. The number of halogens is 1. The molecule has 1 amide bonds. The van der Waals surface area contributed by atoms with E-state index in [2.05, 4.69) is 42.9 Å². The van der Waals surface area contributed by atoms with E-state index in [1.165, 1.54) is 7.05 Å². The number of carboxylic acids is 1. The van der Waals surface area contributed by atoms with Gasteiger partial charge in [0, 0.05) is 43.4 Å². The minimum Gasteiger partial charge on any atom is -0.491 e. The number of fused-ring (bicyclic) bond motifs is 1. The second kappa shape index (κ2) is 15.7. The van der Waals surface area contributed by atoms with Crippen LogP contribution in [0.15, 0.2) is 18.2 Å². The van der Waals surface area contributed by atoms with E-state index in [-0.39, 0.29) is 65.5 Å². The van der Waals surface area contributed by atoms with E-state index in [1.807, 2.05) is 19.1 Å². The molecule has 1 aromatic heterocycles. The average molecular weight is 705 g/mol. The number of unbranched alkanes of at least 4 members (excludes halogenated alkanes) is 1. The number of ketones is 1. The Morgan fingerprint density at radius 1 is 1.15 bits per heavy atom. The van der Waals surface area contributed by atoms with E-state index in [9.17, 15) is 14.4 Å². The van der Waals surface area contributed by atoms with Crippen LogP contribution in [0.4, 0.5) is 5.69 Å². The lowest BCUT2D eigenvalue weighted by molar-refractivity contribution is -0.143. The lowest BCUT2D eigenvalue weighted by atomic mass is 9.84. The summed E-state index contributed by atoms with van der Waals surface area (Å²) in [4.78, 5) is 45.7. The minimum atomic E-state index is -1.01. The van der Waals surface area contributed by atoms with Crippen molar-refractivity contribution < 1.29 is 33.7 Å². The SMILES string of the molecule is Br.CCCCOc1c(N2CCC(OCC(=O)O)C2)cc(C(=O)CN2Cc3cc(OCC)c(C(=O)NC)nc3C2=N)cc1C(C)(C)C. The number of rotatable bonds is 14. The van der Waals surface area contributed by atoms with Crippen LogP contribution in [0, 0.1) is 5.41 Å². The number of ether oxygens (including phenoxy) is 3. The lowest BCUT2D eigenvalue weighted by Crippen LogP contribution is -2.31. The third kappa shape index (κ3) is 8.35. The van der Waals surface area contributed by atoms with Crippen LogP contribution in [0.25, 0.3) is 0 Å². The highest BCUT2D eigenvalue weighted by molar-refractivity contribution is 8.93. The number of aliphatic carboxylic acids is 1. The van der Waals surface area contributed by atoms with Crippen LogP contribution in [0.1, 0.15) is 91.5 Å². The molecule has 3 heterocycles. The Balaban J connectivity index is 0.00000576. The molecule has 12 nitrogen and oxygen atoms in total. The summed E-state index contributed by atoms with van der Waals surface area (Å²) < 4.78 is 17.6. The maximum Gasteiger partial charge on any atom is 0.329 e. The van der Waals surface area contributed by atoms with Crippen molar-refractivity contribution in [2.75, 3.05) is 51.4 Å². The Hall–Kier alpha value is -3.71. The van der Waals surface area contributed by atoms with Gasteiger partial charge in [0.2, 0.25) is 0 Å². The molecule has 252 valence electrons. The van der Waals surface area contributed by atoms with Gasteiger partial charge in [0.15, 0.2) is 17.2 Å². The Kier molecular flexibility index (Phi) is 12.6. The van der Waals surface area contributed by atoms with Crippen LogP contribution >= 0.6 is 17.0 Å². The number of hydrogen-bond donors (Lipinski definition) is 3. The van der Waals surface area contributed by atoms with E-state index < -0.39 is 11.9 Å². The topological polar surface area (TPSA) is 154 Å². The third-order valence-electron chi connectivity index (χ3n) is 7.92. The number of amidine groups is 1. The first-order valence-corrected chi connectivity index (χ1v) is 15.5. The number of aromatic nitrogens is 1. The molecule has 46 heavy (non-hydrogen) atoms. The number of hydrogen-bond acceptors (Lipinski definition) is 9. The minimum absolute atomic E-state index is 0. The molecule has 0 radical (unpaired) electrons. The van der Waals surface area contributed by atoms with Crippen LogP contribution in [-0.4, -0.2) is 91.1 Å². The van der Waals surface area contributed by atoms with E-state index in [1.54, 1.807) is 11.0 Å². The molecule has 2 aliphatic heterocycles. The lowest BCUT2D eigenvalue weighted by Gasteiger charge is -2.30. The molecule has 0 spiro atoms. The number of anilines is 1. The first-order valence-electron chi connectivity index (χ1n) is 15.5. The molecule has 1 fully saturated rings. The quantitative estimate of drug-likeness (QED) is 0.188. The van der Waals surface area contributed by atoms with Crippen LogP contribution in [-0.2, 0) is 21.5 Å². The summed E-state index contributed by atoms with van der Waals surface area (Å²) in [5.41, 5.74) is 2.98. The van der Waals surface area contributed by atoms with Crippen molar-refractivity contribution in [1.82, 2.24) is 15.2 Å². The molecule has 0 aliphatic carbocycles. The zero-order chi connectivity index (χ0) is 32.9. The fourth-order valence-corrected chi connectivity index (χ4v) is 5.55. The number of carbonyl (C=O) groups excluding carboxylic acids is 2. The Morgan fingerprint density at radius 3 is 2.52 bits per heavy atom. The monoisotopic (exact) mass is 703 g/mol. The van der Waals surface area contributed by atoms with Crippen LogP contribution in [0.5, 0.6) is 11.5 Å². The van der Waals surface area contributed by atoms with Gasteiger partial charge in [-0.05, 0) is 43.4 Å². The zero-order valence-electron chi connectivity index (χ0n) is 27.5. The number of carbonyl (C=O) groups is 3. The standard InChI is InChI=1S/C33H45N5O7.BrH/c1-7-9-12-44-30-23(33(3,4)5)13-20(14-24(30)37-11-10-22(17-37)45-19-27(40)41)25(39)18-38-16-21-15-26(43-8-2)29(32(42)35-6)36-28(21)31(38)34;/h13-15,22,34H,7-12,16-19H2,1-6H3,(H,35,42)(H,40,41);1H. The Morgan fingerprint density at radius 2 is 1.89 bits per heavy atom. The van der Waals surface area contributed by atoms with Crippen molar-refractivity contribution in [2.45, 2.75) is 71.9 Å². The number of amides is 1. The first kappa shape index (κ1) is 36.8. The van der Waals surface area contributed by atoms with Crippen LogP contribution in [0.3, 0.4) is 0 Å². The van der Waals surface area contributed by atoms with Crippen molar-refractivity contribution in [3.8, 4) is 11.5 Å². The Bertz CT molecular complexity index is 1460. The second-order valence-corrected chi connectivity index (χ2v) is 12.4. The number of nitrogens with zero attached hydrogens (tertiary/aromatic N) is 3. The summed E-state index contributed by atoms with van der Waals surface area (Å²) in [6.07, 6.45) is 2.26. The van der Waals surface area contributed by atoms with Crippen LogP contribution < -0.4 is 19.7 Å². The largest absolute Gasteiger partial charge is 0.491 e. The van der Waals surface area contributed by atoms with Gasteiger partial charge in [-0.25, -0.2) is 9.78 Å². The highest BCUT2D eigenvalue weighted by atomic mass is 79.9. The molecule has 1 atom stereocenters. The smallest absolute Gasteiger partial charge is 0.329 e. The molecular formula is C33H46BrN5O7. The number of Topliss-reactive ketones (excluding diaryl/α,β-unsaturated/α-hetero) is 1. The van der Waals surface area contributed by atoms with Gasteiger partial charge >= 0.3 is 5.97 Å². The van der Waals surface area contributed by atoms with Gasteiger partial charge in [-0.15, -0.1) is 17.0 Å². The van der Waals surface area contributed by atoms with Gasteiger partial charge in [-0.2, -0.15) is 0 Å². The highest BCUT2D eigenvalue weighted by Crippen LogP contribution is 2.42. The van der Waals surface area contributed by atoms with Gasteiger partial charge in [-0.1, -0.05) is 34.1 Å². The molecule has 0 bridgehead atoms. The van der Waals surface area contributed by atoms with E-state index in [4.69, 9.17) is 24.7 Å². The molecule has 13 heteroatoms. The second-order valence-electron chi connectivity index (χ2n) is 12.4. The molecule has 1 saturated heterocycles. The average Bonchev–Trinajstić information content (AvgIpc) is 3.59.